The van der Waals surface area contributed by atoms with Gasteiger partial charge in [0.1, 0.15) is 0 Å². The van der Waals surface area contributed by atoms with Crippen LogP contribution in [0.4, 0.5) is 0 Å². The van der Waals surface area contributed by atoms with Crippen LogP contribution in [-0.2, 0) is 10.2 Å². The monoisotopic (exact) mass is 317 g/mol. The summed E-state index contributed by atoms with van der Waals surface area (Å²) in [5.74, 6) is 1.01. The van der Waals surface area contributed by atoms with Gasteiger partial charge < -0.3 is 5.32 Å². The summed E-state index contributed by atoms with van der Waals surface area (Å²) in [5, 5.41) is 3.34. The predicted octanol–water partition coefficient (Wildman–Crippen LogP) is 1.67. The molecule has 1 aliphatic carbocycles. The van der Waals surface area contributed by atoms with Crippen LogP contribution in [-0.4, -0.2) is 56.8 Å². The Kier molecular flexibility index (Phi) is 6.47. The zero-order valence-electron chi connectivity index (χ0n) is 13.6. The van der Waals surface area contributed by atoms with Gasteiger partial charge in [0.15, 0.2) is 0 Å². The Hall–Kier alpha value is -0.170. The highest BCUT2D eigenvalue weighted by atomic mass is 32.2. The van der Waals surface area contributed by atoms with Gasteiger partial charge >= 0.3 is 0 Å². The molecule has 2 aliphatic rings. The van der Waals surface area contributed by atoms with Crippen LogP contribution in [0.3, 0.4) is 0 Å². The van der Waals surface area contributed by atoms with E-state index in [1.807, 2.05) is 0 Å². The van der Waals surface area contributed by atoms with Crippen LogP contribution in [0.5, 0.6) is 0 Å². The first-order chi connectivity index (χ1) is 10.0. The van der Waals surface area contributed by atoms with Crippen molar-refractivity contribution in [1.29, 1.82) is 0 Å². The third-order valence-electron chi connectivity index (χ3n) is 4.87. The van der Waals surface area contributed by atoms with Gasteiger partial charge in [0, 0.05) is 26.7 Å². The van der Waals surface area contributed by atoms with Crippen LogP contribution in [0.1, 0.15) is 45.4 Å². The van der Waals surface area contributed by atoms with E-state index in [4.69, 9.17) is 0 Å². The van der Waals surface area contributed by atoms with Gasteiger partial charge in [-0.2, -0.15) is 17.0 Å². The van der Waals surface area contributed by atoms with E-state index in [1.54, 1.807) is 15.7 Å². The lowest BCUT2D eigenvalue weighted by atomic mass is 10.00. The molecule has 1 saturated heterocycles. The Morgan fingerprint density at radius 2 is 1.81 bits per heavy atom. The molecule has 0 bridgehead atoms. The minimum atomic E-state index is -3.27. The highest BCUT2D eigenvalue weighted by molar-refractivity contribution is 7.86. The number of hydrogen-bond donors (Lipinski definition) is 1. The molecule has 2 fully saturated rings. The molecule has 1 atom stereocenters. The Morgan fingerprint density at radius 3 is 2.48 bits per heavy atom. The van der Waals surface area contributed by atoms with Gasteiger partial charge in [-0.25, -0.2) is 0 Å². The summed E-state index contributed by atoms with van der Waals surface area (Å²) in [6.45, 7) is 6.01. The minimum Gasteiger partial charge on any atom is -0.317 e. The normalized spacial score (nSPS) is 25.8. The summed E-state index contributed by atoms with van der Waals surface area (Å²) in [6, 6.07) is 0. The van der Waals surface area contributed by atoms with Gasteiger partial charge in [0.05, 0.1) is 0 Å². The van der Waals surface area contributed by atoms with Gasteiger partial charge in [-0.05, 0) is 50.6 Å². The highest BCUT2D eigenvalue weighted by Gasteiger charge is 2.33. The van der Waals surface area contributed by atoms with Gasteiger partial charge in [0.25, 0.3) is 10.2 Å². The van der Waals surface area contributed by atoms with Gasteiger partial charge in [0.2, 0.25) is 0 Å². The Balaban J connectivity index is 1.90. The first-order valence-electron chi connectivity index (χ1n) is 8.46. The van der Waals surface area contributed by atoms with Gasteiger partial charge in [-0.1, -0.05) is 19.8 Å². The maximum Gasteiger partial charge on any atom is 0.281 e. The van der Waals surface area contributed by atoms with Crippen molar-refractivity contribution in [1.82, 2.24) is 13.9 Å². The van der Waals surface area contributed by atoms with E-state index >= 15 is 0 Å². The number of piperidine rings is 1. The van der Waals surface area contributed by atoms with Crippen LogP contribution < -0.4 is 5.32 Å². The van der Waals surface area contributed by atoms with Crippen LogP contribution in [0, 0.1) is 11.8 Å². The molecule has 0 spiro atoms. The van der Waals surface area contributed by atoms with Crippen molar-refractivity contribution < 1.29 is 8.42 Å². The van der Waals surface area contributed by atoms with Crippen molar-refractivity contribution >= 4 is 10.2 Å². The molecular weight excluding hydrogens is 286 g/mol. The molecule has 2 rings (SSSR count). The van der Waals surface area contributed by atoms with Gasteiger partial charge in [-0.15, -0.1) is 0 Å². The molecule has 21 heavy (non-hydrogen) atoms. The number of nitrogens with one attached hydrogen (secondary N) is 1. The molecule has 1 heterocycles. The van der Waals surface area contributed by atoms with Crippen LogP contribution in [0.25, 0.3) is 0 Å². The summed E-state index contributed by atoms with van der Waals surface area (Å²) in [5.41, 5.74) is 0. The smallest absolute Gasteiger partial charge is 0.281 e. The van der Waals surface area contributed by atoms with Crippen molar-refractivity contribution in [3.8, 4) is 0 Å². The van der Waals surface area contributed by atoms with E-state index in [2.05, 4.69) is 12.2 Å². The molecule has 1 unspecified atom stereocenters. The van der Waals surface area contributed by atoms with Crippen molar-refractivity contribution in [3.05, 3.63) is 0 Å². The molecule has 5 nitrogen and oxygen atoms in total. The molecule has 6 heteroatoms. The number of nitrogens with zero attached hydrogens (tertiary/aromatic N) is 2. The predicted molar refractivity (Wildman–Crippen MR) is 86.3 cm³/mol. The molecule has 0 aromatic carbocycles. The quantitative estimate of drug-likeness (QED) is 0.777. The SMILES string of the molecule is CCNCC1CCCN(S(=O)(=O)N(C)CC2CCCC2)C1. The number of hydrogen-bond acceptors (Lipinski definition) is 3. The van der Waals surface area contributed by atoms with Crippen molar-refractivity contribution in [2.24, 2.45) is 11.8 Å². The Morgan fingerprint density at radius 1 is 1.14 bits per heavy atom. The second-order valence-corrected chi connectivity index (χ2v) is 8.65. The molecule has 1 aliphatic heterocycles. The second kappa shape index (κ2) is 7.90. The lowest BCUT2D eigenvalue weighted by Crippen LogP contribution is -2.49. The summed E-state index contributed by atoms with van der Waals surface area (Å²) in [7, 11) is -1.52. The van der Waals surface area contributed by atoms with Crippen molar-refractivity contribution in [3.63, 3.8) is 0 Å². The third kappa shape index (κ3) is 4.65. The zero-order valence-corrected chi connectivity index (χ0v) is 14.4. The molecular formula is C15H31N3O2S. The van der Waals surface area contributed by atoms with E-state index < -0.39 is 10.2 Å². The molecule has 1 saturated carbocycles. The van der Waals surface area contributed by atoms with E-state index in [-0.39, 0.29) is 0 Å². The van der Waals surface area contributed by atoms with Crippen LogP contribution >= 0.6 is 0 Å². The highest BCUT2D eigenvalue weighted by Crippen LogP contribution is 2.27. The summed E-state index contributed by atoms with van der Waals surface area (Å²) in [4.78, 5) is 0. The van der Waals surface area contributed by atoms with Crippen molar-refractivity contribution in [2.75, 3.05) is 39.8 Å². The second-order valence-electron chi connectivity index (χ2n) is 6.61. The summed E-state index contributed by atoms with van der Waals surface area (Å²) in [6.07, 6.45) is 6.99. The Bertz CT molecular complexity index is 407. The first-order valence-corrected chi connectivity index (χ1v) is 9.86. The average molecular weight is 317 g/mol. The minimum absolute atomic E-state index is 0.452. The van der Waals surface area contributed by atoms with Crippen LogP contribution in [0.2, 0.25) is 0 Å². The van der Waals surface area contributed by atoms with Gasteiger partial charge in [-0.3, -0.25) is 0 Å². The first kappa shape index (κ1) is 17.2. The number of rotatable bonds is 7. The molecule has 124 valence electrons. The lowest BCUT2D eigenvalue weighted by molar-refractivity contribution is 0.243. The van der Waals surface area contributed by atoms with E-state index in [9.17, 15) is 8.42 Å². The Labute approximate surface area is 130 Å². The third-order valence-corrected chi connectivity index (χ3v) is 6.80. The van der Waals surface area contributed by atoms with Crippen molar-refractivity contribution in [2.45, 2.75) is 45.4 Å². The fraction of sp³-hybridized carbons (Fsp3) is 1.00. The van der Waals surface area contributed by atoms with E-state index in [0.717, 1.165) is 25.9 Å². The van der Waals surface area contributed by atoms with E-state index in [0.29, 0.717) is 31.5 Å². The molecule has 0 radical (unpaired) electrons. The maximum atomic E-state index is 12.7. The molecule has 0 amide bonds. The molecule has 1 N–H and O–H groups in total. The van der Waals surface area contributed by atoms with E-state index in [1.165, 1.54) is 25.7 Å². The largest absolute Gasteiger partial charge is 0.317 e. The summed E-state index contributed by atoms with van der Waals surface area (Å²) < 4.78 is 28.7. The fourth-order valence-corrected chi connectivity index (χ4v) is 5.15. The topological polar surface area (TPSA) is 52.7 Å². The summed E-state index contributed by atoms with van der Waals surface area (Å²) >= 11 is 0. The maximum absolute atomic E-state index is 12.7. The lowest BCUT2D eigenvalue weighted by Gasteiger charge is -2.35. The standard InChI is InChI=1S/C15H31N3O2S/c1-3-16-11-15-9-6-10-18(13-15)21(19,20)17(2)12-14-7-4-5-8-14/h14-16H,3-13H2,1-2H3. The molecule has 0 aromatic rings. The fourth-order valence-electron chi connectivity index (χ4n) is 3.60. The molecule has 0 aromatic heterocycles. The average Bonchev–Trinajstić information content (AvgIpc) is 2.98. The zero-order chi connectivity index (χ0) is 15.3. The van der Waals surface area contributed by atoms with Crippen LogP contribution in [0.15, 0.2) is 0 Å².